The highest BCUT2D eigenvalue weighted by molar-refractivity contribution is 6.01. The Hall–Kier alpha value is -4.58. The first-order valence-corrected chi connectivity index (χ1v) is 12.3. The molecular formula is C29H24F2N6O. The first-order valence-electron chi connectivity index (χ1n) is 12.3. The van der Waals surface area contributed by atoms with Gasteiger partial charge in [-0.3, -0.25) is 4.79 Å². The van der Waals surface area contributed by atoms with E-state index in [1.165, 1.54) is 18.2 Å². The van der Waals surface area contributed by atoms with Crippen molar-refractivity contribution in [3.8, 4) is 28.6 Å². The van der Waals surface area contributed by atoms with E-state index in [2.05, 4.69) is 17.6 Å². The average molecular weight is 511 g/mol. The summed E-state index contributed by atoms with van der Waals surface area (Å²) < 4.78 is 30.8. The number of likely N-dealkylation sites (tertiary alicyclic amines) is 1. The minimum absolute atomic E-state index is 0.0852. The van der Waals surface area contributed by atoms with Gasteiger partial charge in [0.1, 0.15) is 34.9 Å². The van der Waals surface area contributed by atoms with Gasteiger partial charge in [0.15, 0.2) is 0 Å². The summed E-state index contributed by atoms with van der Waals surface area (Å²) in [5.74, 6) is -0.322. The van der Waals surface area contributed by atoms with Gasteiger partial charge in [-0.15, -0.1) is 0 Å². The zero-order valence-electron chi connectivity index (χ0n) is 20.8. The highest BCUT2D eigenvalue weighted by Crippen LogP contribution is 2.44. The van der Waals surface area contributed by atoms with E-state index in [0.717, 1.165) is 23.9 Å². The largest absolute Gasteiger partial charge is 0.355 e. The minimum atomic E-state index is -0.747. The van der Waals surface area contributed by atoms with Crippen LogP contribution in [0.1, 0.15) is 12.0 Å². The van der Waals surface area contributed by atoms with Crippen LogP contribution in [0.4, 0.5) is 14.6 Å². The van der Waals surface area contributed by atoms with Gasteiger partial charge in [-0.25, -0.2) is 18.7 Å². The maximum Gasteiger partial charge on any atom is 0.245 e. The molecule has 0 unspecified atom stereocenters. The van der Waals surface area contributed by atoms with Crippen molar-refractivity contribution < 1.29 is 13.6 Å². The van der Waals surface area contributed by atoms with Crippen molar-refractivity contribution >= 4 is 22.6 Å². The molecule has 2 aromatic heterocycles. The maximum absolute atomic E-state index is 15.1. The van der Waals surface area contributed by atoms with E-state index in [4.69, 9.17) is 4.98 Å². The summed E-state index contributed by atoms with van der Waals surface area (Å²) in [5, 5.41) is 10.9. The second kappa shape index (κ2) is 8.77. The van der Waals surface area contributed by atoms with Crippen LogP contribution in [0.2, 0.25) is 0 Å². The highest BCUT2D eigenvalue weighted by Gasteiger charge is 2.49. The molecule has 2 aromatic carbocycles. The average Bonchev–Trinajstić information content (AvgIpc) is 3.53. The van der Waals surface area contributed by atoms with Crippen molar-refractivity contribution in [3.63, 3.8) is 0 Å². The van der Waals surface area contributed by atoms with Crippen LogP contribution in [0.15, 0.2) is 61.4 Å². The Bertz CT molecular complexity index is 1660. The number of imidazole rings is 1. The molecule has 2 fully saturated rings. The molecule has 1 amide bonds. The van der Waals surface area contributed by atoms with Gasteiger partial charge in [0, 0.05) is 79.2 Å². The number of aromatic nitrogens is 3. The van der Waals surface area contributed by atoms with Gasteiger partial charge in [0.05, 0.1) is 5.52 Å². The zero-order valence-corrected chi connectivity index (χ0v) is 20.8. The number of carbonyl (C=O) groups is 1. The summed E-state index contributed by atoms with van der Waals surface area (Å²) in [6, 6.07) is 11.2. The third-order valence-corrected chi connectivity index (χ3v) is 7.64. The van der Waals surface area contributed by atoms with E-state index in [9.17, 15) is 14.4 Å². The van der Waals surface area contributed by atoms with E-state index in [-0.39, 0.29) is 22.4 Å². The number of anilines is 1. The number of benzene rings is 2. The number of carbonyl (C=O) groups excluding carboxylic acids is 1. The fourth-order valence-electron chi connectivity index (χ4n) is 5.76. The first kappa shape index (κ1) is 23.8. The van der Waals surface area contributed by atoms with Crippen LogP contribution in [0, 0.1) is 28.4 Å². The van der Waals surface area contributed by atoms with E-state index < -0.39 is 11.6 Å². The smallest absolute Gasteiger partial charge is 0.245 e. The van der Waals surface area contributed by atoms with Gasteiger partial charge >= 0.3 is 0 Å². The first-order chi connectivity index (χ1) is 18.3. The second-order valence-corrected chi connectivity index (χ2v) is 10.1. The van der Waals surface area contributed by atoms with Crippen molar-refractivity contribution in [2.24, 2.45) is 12.5 Å². The quantitative estimate of drug-likeness (QED) is 0.373. The van der Waals surface area contributed by atoms with Crippen LogP contribution in [-0.4, -0.2) is 51.5 Å². The lowest BCUT2D eigenvalue weighted by Gasteiger charge is -2.47. The Morgan fingerprint density at radius 3 is 2.68 bits per heavy atom. The molecule has 6 rings (SSSR count). The molecule has 4 heterocycles. The predicted octanol–water partition coefficient (Wildman–Crippen LogP) is 4.68. The van der Waals surface area contributed by atoms with Gasteiger partial charge in [0.2, 0.25) is 5.91 Å². The molecule has 9 heteroatoms. The molecule has 0 aliphatic carbocycles. The van der Waals surface area contributed by atoms with Crippen molar-refractivity contribution in [1.82, 2.24) is 19.4 Å². The molecule has 38 heavy (non-hydrogen) atoms. The van der Waals surface area contributed by atoms with E-state index in [0.29, 0.717) is 48.5 Å². The Kier molecular flexibility index (Phi) is 5.49. The molecule has 2 aliphatic rings. The third-order valence-electron chi connectivity index (χ3n) is 7.64. The summed E-state index contributed by atoms with van der Waals surface area (Å²) in [6.45, 7) is 6.07. The van der Waals surface area contributed by atoms with Gasteiger partial charge in [-0.1, -0.05) is 18.7 Å². The summed E-state index contributed by atoms with van der Waals surface area (Å²) in [4.78, 5) is 25.2. The lowest BCUT2D eigenvalue weighted by molar-refractivity contribution is -0.136. The van der Waals surface area contributed by atoms with Gasteiger partial charge < -0.3 is 14.4 Å². The van der Waals surface area contributed by atoms with Crippen molar-refractivity contribution in [1.29, 1.82) is 5.26 Å². The number of fused-ring (bicyclic) bond motifs is 1. The fraction of sp³-hybridized carbons (Fsp3) is 0.241. The SMILES string of the molecule is C=CC(=O)N1CC2(CCN(c3nc4cc(-c5nccn5C)ccc4c(-c4ccc(F)cc4F)c3C#N)C2)C1. The molecule has 0 bridgehead atoms. The number of halogens is 2. The Labute approximate surface area is 218 Å². The molecule has 7 nitrogen and oxygen atoms in total. The fourth-order valence-corrected chi connectivity index (χ4v) is 5.76. The highest BCUT2D eigenvalue weighted by atomic mass is 19.1. The summed E-state index contributed by atoms with van der Waals surface area (Å²) >= 11 is 0. The lowest BCUT2D eigenvalue weighted by atomic mass is 9.79. The normalized spacial score (nSPS) is 16.1. The van der Waals surface area contributed by atoms with Gasteiger partial charge in [0.25, 0.3) is 0 Å². The molecule has 2 saturated heterocycles. The number of hydrogen-bond acceptors (Lipinski definition) is 5. The molecule has 1 spiro atoms. The van der Waals surface area contributed by atoms with Crippen LogP contribution >= 0.6 is 0 Å². The van der Waals surface area contributed by atoms with Crippen LogP contribution in [-0.2, 0) is 11.8 Å². The standard InChI is InChI=1S/C29H24F2N6O/c1-3-25(38)37-16-29(17-37)8-10-36(15-29)28-22(14-32)26(20-7-5-19(30)13-23(20)31)21-6-4-18(12-24(21)34-28)27-33-9-11-35(27)2/h3-7,9,11-13H,1,8,10,15-17H2,2H3. The van der Waals surface area contributed by atoms with Crippen LogP contribution < -0.4 is 4.90 Å². The number of nitriles is 1. The Morgan fingerprint density at radius 2 is 2.00 bits per heavy atom. The number of aryl methyl sites for hydroxylation is 1. The second-order valence-electron chi connectivity index (χ2n) is 10.1. The van der Waals surface area contributed by atoms with Gasteiger partial charge in [-0.2, -0.15) is 5.26 Å². The van der Waals surface area contributed by atoms with E-state index >= 15 is 4.39 Å². The number of nitrogens with zero attached hydrogens (tertiary/aromatic N) is 6. The number of hydrogen-bond donors (Lipinski definition) is 0. The van der Waals surface area contributed by atoms with E-state index in [1.54, 1.807) is 11.1 Å². The molecule has 2 aliphatic heterocycles. The monoisotopic (exact) mass is 510 g/mol. The lowest BCUT2D eigenvalue weighted by Crippen LogP contribution is -2.59. The summed E-state index contributed by atoms with van der Waals surface area (Å²) in [7, 11) is 1.90. The molecular weight excluding hydrogens is 486 g/mol. The minimum Gasteiger partial charge on any atom is -0.355 e. The zero-order chi connectivity index (χ0) is 26.6. The molecule has 0 radical (unpaired) electrons. The van der Waals surface area contributed by atoms with Gasteiger partial charge in [-0.05, 0) is 30.7 Å². The maximum atomic E-state index is 15.1. The van der Waals surface area contributed by atoms with Crippen LogP contribution in [0.3, 0.4) is 0 Å². The third kappa shape index (κ3) is 3.72. The predicted molar refractivity (Wildman–Crippen MR) is 140 cm³/mol. The number of rotatable bonds is 4. The summed E-state index contributed by atoms with van der Waals surface area (Å²) in [5.41, 5.74) is 2.09. The van der Waals surface area contributed by atoms with Crippen LogP contribution in [0.25, 0.3) is 33.4 Å². The Morgan fingerprint density at radius 1 is 1.18 bits per heavy atom. The summed E-state index contributed by atoms with van der Waals surface area (Å²) in [6.07, 6.45) is 5.71. The molecule has 190 valence electrons. The molecule has 4 aromatic rings. The van der Waals surface area contributed by atoms with Crippen molar-refractivity contribution in [3.05, 3.63) is 78.6 Å². The van der Waals surface area contributed by atoms with Crippen molar-refractivity contribution in [2.75, 3.05) is 31.1 Å². The molecule has 0 atom stereocenters. The molecule has 0 saturated carbocycles. The van der Waals surface area contributed by atoms with Crippen molar-refractivity contribution in [2.45, 2.75) is 6.42 Å². The van der Waals surface area contributed by atoms with Crippen LogP contribution in [0.5, 0.6) is 0 Å². The van der Waals surface area contributed by atoms with E-state index in [1.807, 2.05) is 40.9 Å². The Balaban J connectivity index is 1.51. The number of pyridine rings is 1. The topological polar surface area (TPSA) is 78.1 Å². The molecule has 0 N–H and O–H groups in total. The number of amides is 1.